The van der Waals surface area contributed by atoms with E-state index in [0.29, 0.717) is 35.5 Å². The van der Waals surface area contributed by atoms with E-state index in [1.54, 1.807) is 0 Å². The lowest BCUT2D eigenvalue weighted by Gasteiger charge is -2.12. The molecule has 2 aromatic heterocycles. The highest BCUT2D eigenvalue weighted by Crippen LogP contribution is 2.44. The number of aromatic nitrogens is 3. The predicted octanol–water partition coefficient (Wildman–Crippen LogP) is 3.74. The molecule has 2 aliphatic heterocycles. The maximum absolute atomic E-state index is 14.7. The lowest BCUT2D eigenvalue weighted by atomic mass is 9.99. The van der Waals surface area contributed by atoms with Gasteiger partial charge >= 0.3 is 0 Å². The van der Waals surface area contributed by atoms with Crippen molar-refractivity contribution in [3.05, 3.63) is 58.2 Å². The molecule has 9 heteroatoms. The number of nitrogens with zero attached hydrogens (tertiary/aromatic N) is 4. The van der Waals surface area contributed by atoms with Crippen LogP contribution in [0.15, 0.2) is 23.2 Å². The summed E-state index contributed by atoms with van der Waals surface area (Å²) in [5.74, 6) is -0.0444. The Balaban J connectivity index is 1.87. The minimum absolute atomic E-state index is 0.156. The summed E-state index contributed by atoms with van der Waals surface area (Å²) in [6.45, 7) is 4.81. The van der Waals surface area contributed by atoms with E-state index in [1.165, 1.54) is 29.5 Å². The quantitative estimate of drug-likeness (QED) is 0.622. The standard InChI is InChI=1S/C19H16F2N4O2S/c1-9-17-24-23-10(2)25(17)18-14(11-8-26-6-7-27-19(11)28-18)16(22-9)15-12(20)4-3-5-13(15)21/h3-5,9H,6-8H2,1-2H3/t9-/m0/s1. The average molecular weight is 402 g/mol. The van der Waals surface area contributed by atoms with Crippen LogP contribution in [0, 0.1) is 18.6 Å². The maximum Gasteiger partial charge on any atom is 0.182 e. The summed E-state index contributed by atoms with van der Waals surface area (Å²) in [5, 5.41) is 9.83. The van der Waals surface area contributed by atoms with E-state index in [-0.39, 0.29) is 17.9 Å². The molecule has 5 rings (SSSR count). The Morgan fingerprint density at radius 1 is 1.14 bits per heavy atom. The summed E-state index contributed by atoms with van der Waals surface area (Å²) < 4.78 is 42.8. The summed E-state index contributed by atoms with van der Waals surface area (Å²) >= 11 is 1.39. The van der Waals surface area contributed by atoms with Crippen LogP contribution >= 0.6 is 11.3 Å². The molecule has 0 bridgehead atoms. The third kappa shape index (κ3) is 2.50. The van der Waals surface area contributed by atoms with Gasteiger partial charge in [0.2, 0.25) is 0 Å². The van der Waals surface area contributed by atoms with Crippen molar-refractivity contribution in [3.8, 4) is 10.1 Å². The van der Waals surface area contributed by atoms with Gasteiger partial charge in [-0.3, -0.25) is 9.56 Å². The molecule has 28 heavy (non-hydrogen) atoms. The molecule has 0 radical (unpaired) electrons. The fraction of sp³-hybridized carbons (Fsp3) is 0.316. The summed E-state index contributed by atoms with van der Waals surface area (Å²) in [6.07, 6.45) is 0. The minimum Gasteiger partial charge on any atom is -0.481 e. The number of halogens is 2. The van der Waals surface area contributed by atoms with Crippen LogP contribution in [0.3, 0.4) is 0 Å². The van der Waals surface area contributed by atoms with Crippen LogP contribution in [0.25, 0.3) is 5.00 Å². The molecule has 3 aromatic rings. The molecule has 0 spiro atoms. The molecular formula is C19H16F2N4O2S. The van der Waals surface area contributed by atoms with Gasteiger partial charge in [0.15, 0.2) is 10.9 Å². The first-order chi connectivity index (χ1) is 13.6. The third-order valence-corrected chi connectivity index (χ3v) is 5.97. The third-order valence-electron chi connectivity index (χ3n) is 4.84. The number of ether oxygens (including phenoxy) is 2. The van der Waals surface area contributed by atoms with Crippen molar-refractivity contribution >= 4 is 17.0 Å². The van der Waals surface area contributed by atoms with Crippen LogP contribution < -0.4 is 4.74 Å². The predicted molar refractivity (Wildman–Crippen MR) is 99.5 cm³/mol. The molecule has 0 saturated heterocycles. The number of aryl methyl sites for hydroxylation is 1. The monoisotopic (exact) mass is 402 g/mol. The molecule has 1 atom stereocenters. The van der Waals surface area contributed by atoms with Crippen molar-refractivity contribution in [3.63, 3.8) is 0 Å². The number of thiophene rings is 1. The van der Waals surface area contributed by atoms with Crippen molar-refractivity contribution < 1.29 is 18.3 Å². The Hall–Kier alpha value is -2.65. The molecule has 0 amide bonds. The van der Waals surface area contributed by atoms with Gasteiger partial charge in [-0.1, -0.05) is 17.4 Å². The Morgan fingerprint density at radius 2 is 1.93 bits per heavy atom. The van der Waals surface area contributed by atoms with E-state index >= 15 is 0 Å². The average Bonchev–Trinajstić information content (AvgIpc) is 3.08. The first-order valence-corrected chi connectivity index (χ1v) is 9.69. The van der Waals surface area contributed by atoms with Crippen molar-refractivity contribution in [2.45, 2.75) is 26.5 Å². The van der Waals surface area contributed by atoms with Gasteiger partial charge in [0.25, 0.3) is 0 Å². The largest absolute Gasteiger partial charge is 0.481 e. The Kier molecular flexibility index (Phi) is 4.02. The van der Waals surface area contributed by atoms with Crippen LogP contribution in [0.1, 0.15) is 41.3 Å². The molecule has 1 aromatic carbocycles. The smallest absolute Gasteiger partial charge is 0.182 e. The molecule has 144 valence electrons. The zero-order valence-corrected chi connectivity index (χ0v) is 16.0. The number of aliphatic imine (C=N–C) groups is 1. The van der Waals surface area contributed by atoms with Gasteiger partial charge in [-0.25, -0.2) is 8.78 Å². The fourth-order valence-electron chi connectivity index (χ4n) is 3.58. The number of hydrogen-bond donors (Lipinski definition) is 0. The highest BCUT2D eigenvalue weighted by molar-refractivity contribution is 7.17. The lowest BCUT2D eigenvalue weighted by Crippen LogP contribution is -2.12. The van der Waals surface area contributed by atoms with E-state index < -0.39 is 17.7 Å². The van der Waals surface area contributed by atoms with E-state index in [4.69, 9.17) is 9.47 Å². The zero-order valence-electron chi connectivity index (χ0n) is 15.2. The van der Waals surface area contributed by atoms with Crippen molar-refractivity contribution in [1.82, 2.24) is 14.8 Å². The molecule has 0 saturated carbocycles. The Morgan fingerprint density at radius 3 is 2.71 bits per heavy atom. The fourth-order valence-corrected chi connectivity index (χ4v) is 4.82. The highest BCUT2D eigenvalue weighted by Gasteiger charge is 2.34. The molecular weight excluding hydrogens is 386 g/mol. The molecule has 2 aliphatic rings. The van der Waals surface area contributed by atoms with E-state index in [9.17, 15) is 8.78 Å². The SMILES string of the molecule is Cc1nnc2n1-c1sc3c(c1C(c1c(F)cccc1F)=N[C@H]2C)COCCO3. The summed E-state index contributed by atoms with van der Waals surface area (Å²) in [5.41, 5.74) is 1.44. The van der Waals surface area contributed by atoms with Crippen LogP contribution in [0.2, 0.25) is 0 Å². The molecule has 0 fully saturated rings. The topological polar surface area (TPSA) is 61.5 Å². The second-order valence-electron chi connectivity index (χ2n) is 6.64. The van der Waals surface area contributed by atoms with Gasteiger partial charge in [-0.15, -0.1) is 10.2 Å². The number of benzene rings is 1. The van der Waals surface area contributed by atoms with Gasteiger partial charge < -0.3 is 9.47 Å². The molecule has 4 heterocycles. The van der Waals surface area contributed by atoms with Crippen molar-refractivity contribution in [2.75, 3.05) is 13.2 Å². The van der Waals surface area contributed by atoms with Gasteiger partial charge in [-0.05, 0) is 26.0 Å². The highest BCUT2D eigenvalue weighted by atomic mass is 32.1. The van der Waals surface area contributed by atoms with E-state index in [2.05, 4.69) is 15.2 Å². The van der Waals surface area contributed by atoms with Gasteiger partial charge in [0.1, 0.15) is 35.1 Å². The summed E-state index contributed by atoms with van der Waals surface area (Å²) in [7, 11) is 0. The minimum atomic E-state index is -0.665. The van der Waals surface area contributed by atoms with E-state index in [1.807, 2.05) is 18.4 Å². The van der Waals surface area contributed by atoms with Crippen LogP contribution in [0.5, 0.6) is 5.06 Å². The number of rotatable bonds is 1. The first-order valence-electron chi connectivity index (χ1n) is 8.87. The number of hydrogen-bond acceptors (Lipinski definition) is 6. The Labute approximate surface area is 163 Å². The normalized spacial score (nSPS) is 18.3. The van der Waals surface area contributed by atoms with Crippen molar-refractivity contribution in [2.24, 2.45) is 4.99 Å². The zero-order chi connectivity index (χ0) is 19.4. The summed E-state index contributed by atoms with van der Waals surface area (Å²) in [4.78, 5) is 4.68. The van der Waals surface area contributed by atoms with E-state index in [0.717, 1.165) is 10.6 Å². The van der Waals surface area contributed by atoms with Gasteiger partial charge in [0, 0.05) is 11.1 Å². The molecule has 6 nitrogen and oxygen atoms in total. The second-order valence-corrected chi connectivity index (χ2v) is 7.60. The summed E-state index contributed by atoms with van der Waals surface area (Å²) in [6, 6.07) is 3.38. The maximum atomic E-state index is 14.7. The van der Waals surface area contributed by atoms with Crippen LogP contribution in [-0.2, 0) is 11.3 Å². The second kappa shape index (κ2) is 6.46. The first kappa shape index (κ1) is 17.4. The number of fused-ring (bicyclic) bond motifs is 5. The van der Waals surface area contributed by atoms with Crippen LogP contribution in [-0.4, -0.2) is 33.7 Å². The van der Waals surface area contributed by atoms with Gasteiger partial charge in [0.05, 0.1) is 24.5 Å². The molecule has 0 unspecified atom stereocenters. The van der Waals surface area contributed by atoms with Crippen LogP contribution in [0.4, 0.5) is 8.78 Å². The molecule has 0 N–H and O–H groups in total. The molecule has 0 aliphatic carbocycles. The Bertz CT molecular complexity index is 1100. The van der Waals surface area contributed by atoms with Gasteiger partial charge in [-0.2, -0.15) is 0 Å². The lowest BCUT2D eigenvalue weighted by molar-refractivity contribution is 0.107. The van der Waals surface area contributed by atoms with Crippen molar-refractivity contribution in [1.29, 1.82) is 0 Å².